The molecule has 0 bridgehead atoms. The third-order valence-corrected chi connectivity index (χ3v) is 8.95. The van der Waals surface area contributed by atoms with Crippen molar-refractivity contribution in [2.45, 2.75) is 45.3 Å². The van der Waals surface area contributed by atoms with Crippen LogP contribution in [0.25, 0.3) is 22.3 Å². The maximum Gasteiger partial charge on any atom is 0.340 e. The molecule has 2 saturated heterocycles. The Bertz CT molecular complexity index is 1710. The summed E-state index contributed by atoms with van der Waals surface area (Å²) in [6.45, 7) is 4.66. The summed E-state index contributed by atoms with van der Waals surface area (Å²) in [5, 5.41) is 7.21. The van der Waals surface area contributed by atoms with Crippen molar-refractivity contribution in [3.8, 4) is 28.0 Å². The maximum atomic E-state index is 15.6. The summed E-state index contributed by atoms with van der Waals surface area (Å²) < 4.78 is 21.2. The van der Waals surface area contributed by atoms with E-state index < -0.39 is 29.7 Å². The van der Waals surface area contributed by atoms with Gasteiger partial charge in [0.25, 0.3) is 11.8 Å². The first-order chi connectivity index (χ1) is 21.9. The average Bonchev–Trinajstić information content (AvgIpc) is 3.36. The second-order valence-electron chi connectivity index (χ2n) is 11.7. The molecule has 0 spiro atoms. The van der Waals surface area contributed by atoms with Gasteiger partial charge in [-0.2, -0.15) is 0 Å². The van der Waals surface area contributed by atoms with Gasteiger partial charge >= 0.3 is 6.03 Å². The minimum absolute atomic E-state index is 0.0852. The molecule has 0 aliphatic carbocycles. The topological polar surface area (TPSA) is 123 Å². The quantitative estimate of drug-likeness (QED) is 0.307. The van der Waals surface area contributed by atoms with Crippen LogP contribution in [0.3, 0.4) is 0 Å². The van der Waals surface area contributed by atoms with E-state index in [0.29, 0.717) is 35.5 Å². The van der Waals surface area contributed by atoms with Gasteiger partial charge in [0.2, 0.25) is 5.91 Å². The predicted molar refractivity (Wildman–Crippen MR) is 172 cm³/mol. The van der Waals surface area contributed by atoms with Gasteiger partial charge in [-0.05, 0) is 71.8 Å². The number of rotatable bonds is 9. The molecule has 2 fully saturated rings. The summed E-state index contributed by atoms with van der Waals surface area (Å²) >= 11 is 0. The van der Waals surface area contributed by atoms with Gasteiger partial charge in [0.1, 0.15) is 11.6 Å². The van der Waals surface area contributed by atoms with Crippen LogP contribution in [0, 0.1) is 19.7 Å². The van der Waals surface area contributed by atoms with Gasteiger partial charge < -0.3 is 20.3 Å². The third-order valence-electron chi connectivity index (χ3n) is 8.95. The number of hydrazine groups is 1. The number of urea groups is 1. The normalized spacial score (nSPS) is 18.4. The Kier molecular flexibility index (Phi) is 9.40. The zero-order valence-electron chi connectivity index (χ0n) is 26.9. The Balaban J connectivity index is 1.38. The summed E-state index contributed by atoms with van der Waals surface area (Å²) in [5.74, 6) is -1.10. The van der Waals surface area contributed by atoms with Gasteiger partial charge in [-0.25, -0.2) is 14.6 Å². The number of hydrogen-bond donors (Lipinski definition) is 3. The lowest BCUT2D eigenvalue weighted by Gasteiger charge is -2.34. The molecule has 3 aromatic carbocycles. The molecule has 46 heavy (non-hydrogen) atoms. The highest BCUT2D eigenvalue weighted by molar-refractivity contribution is 6.15. The van der Waals surface area contributed by atoms with Crippen molar-refractivity contribution in [2.75, 3.05) is 40.1 Å². The van der Waals surface area contributed by atoms with Crippen molar-refractivity contribution in [3.05, 3.63) is 71.0 Å². The summed E-state index contributed by atoms with van der Waals surface area (Å²) in [7, 11) is 6.08. The molecule has 2 heterocycles. The zero-order chi connectivity index (χ0) is 33.3. The predicted octanol–water partition coefficient (Wildman–Crippen LogP) is 3.83. The van der Waals surface area contributed by atoms with Crippen LogP contribution in [0.2, 0.25) is 0 Å². The number of benzene rings is 3. The van der Waals surface area contributed by atoms with Crippen LogP contribution in [0.5, 0.6) is 5.75 Å². The molecule has 0 aromatic heterocycles. The second kappa shape index (κ2) is 13.3. The van der Waals surface area contributed by atoms with Gasteiger partial charge in [0.15, 0.2) is 6.04 Å². The van der Waals surface area contributed by atoms with Crippen molar-refractivity contribution >= 4 is 29.4 Å². The smallest absolute Gasteiger partial charge is 0.340 e. The van der Waals surface area contributed by atoms with E-state index in [1.807, 2.05) is 50.2 Å². The number of likely N-dealkylation sites (tertiary alicyclic amines) is 1. The van der Waals surface area contributed by atoms with Gasteiger partial charge in [-0.15, -0.1) is 0 Å². The number of methoxy groups -OCH3 is 1. The summed E-state index contributed by atoms with van der Waals surface area (Å²) in [5.41, 5.74) is 8.47. The Hall–Kier alpha value is -4.81. The molecular formula is C34H39FN6O5. The maximum absolute atomic E-state index is 15.6. The van der Waals surface area contributed by atoms with Crippen LogP contribution >= 0.6 is 0 Å². The van der Waals surface area contributed by atoms with Crippen molar-refractivity contribution in [1.29, 1.82) is 0 Å². The monoisotopic (exact) mass is 630 g/mol. The van der Waals surface area contributed by atoms with E-state index in [4.69, 9.17) is 4.74 Å². The highest BCUT2D eigenvalue weighted by atomic mass is 19.1. The largest absolute Gasteiger partial charge is 0.496 e. The highest BCUT2D eigenvalue weighted by Crippen LogP contribution is 2.37. The lowest BCUT2D eigenvalue weighted by molar-refractivity contribution is -0.139. The number of imide groups is 1. The molecule has 2 aliphatic rings. The molecule has 0 saturated carbocycles. The van der Waals surface area contributed by atoms with E-state index in [1.165, 1.54) is 27.3 Å². The number of amides is 5. The summed E-state index contributed by atoms with van der Waals surface area (Å²) in [6.07, 6.45) is 1.31. The molecule has 242 valence electrons. The van der Waals surface area contributed by atoms with E-state index in [2.05, 4.69) is 16.1 Å². The van der Waals surface area contributed by atoms with Crippen LogP contribution in [-0.2, 0) is 20.9 Å². The Morgan fingerprint density at radius 3 is 2.35 bits per heavy atom. The molecule has 5 amide bonds. The molecule has 3 N–H and O–H groups in total. The zero-order valence-corrected chi connectivity index (χ0v) is 26.9. The van der Waals surface area contributed by atoms with E-state index in [0.717, 1.165) is 44.1 Å². The lowest BCUT2D eigenvalue weighted by atomic mass is 9.90. The van der Waals surface area contributed by atoms with Gasteiger partial charge in [0.05, 0.1) is 7.11 Å². The second-order valence-corrected chi connectivity index (χ2v) is 11.7. The number of nitrogens with one attached hydrogen (secondary N) is 3. The van der Waals surface area contributed by atoms with Crippen LogP contribution in [0.15, 0.2) is 48.5 Å². The molecule has 0 radical (unpaired) electrons. The molecule has 3 aromatic rings. The van der Waals surface area contributed by atoms with Crippen LogP contribution in [-0.4, -0.2) is 85.4 Å². The first-order valence-corrected chi connectivity index (χ1v) is 15.1. The number of carbonyl (C=O) groups is 4. The molecule has 12 heteroatoms. The minimum atomic E-state index is -1.27. The Labute approximate surface area is 267 Å². The van der Waals surface area contributed by atoms with E-state index in [1.54, 1.807) is 18.0 Å². The summed E-state index contributed by atoms with van der Waals surface area (Å²) in [6, 6.07) is 12.9. The Morgan fingerprint density at radius 2 is 1.67 bits per heavy atom. The minimum Gasteiger partial charge on any atom is -0.496 e. The van der Waals surface area contributed by atoms with Gasteiger partial charge in [-0.3, -0.25) is 24.3 Å². The average molecular weight is 631 g/mol. The lowest BCUT2D eigenvalue weighted by Crippen LogP contribution is -2.66. The van der Waals surface area contributed by atoms with Crippen LogP contribution < -0.4 is 20.8 Å². The van der Waals surface area contributed by atoms with Crippen molar-refractivity contribution in [1.82, 2.24) is 25.6 Å². The fraction of sp³-hybridized carbons (Fsp3) is 0.353. The SMILES string of the molecule is COc1cc(-c2cccc(-c3cccc(NC(=O)C4NN(C)C(=O)N(C)C4=O)c3C)c2C)cc(F)c1CNC[C@@H]1CCC(=O)N1C. The first kappa shape index (κ1) is 32.6. The number of nitrogens with zero attached hydrogens (tertiary/aromatic N) is 3. The number of carbonyl (C=O) groups excluding carboxylic acids is 4. The first-order valence-electron chi connectivity index (χ1n) is 15.1. The van der Waals surface area contributed by atoms with Crippen LogP contribution in [0.1, 0.15) is 29.5 Å². The fourth-order valence-corrected chi connectivity index (χ4v) is 6.08. The van der Waals surface area contributed by atoms with E-state index in [-0.39, 0.29) is 18.5 Å². The van der Waals surface area contributed by atoms with Crippen molar-refractivity contribution < 1.29 is 28.3 Å². The standard InChI is InChI=1S/C34H39FN6O5/c1-19-23(21-15-27(35)26(29(16-21)46-6)18-36-17-22-13-14-30(42)39(22)3)9-7-10-24(19)25-11-8-12-28(20(25)2)37-32(43)31-33(44)40(4)34(45)41(5)38-31/h7-12,15-16,22,31,36,38H,13-14,17-18H2,1-6H3,(H,37,43)/t22-,31?/m0/s1. The molecule has 1 unspecified atom stereocenters. The highest BCUT2D eigenvalue weighted by Gasteiger charge is 2.39. The fourth-order valence-electron chi connectivity index (χ4n) is 6.08. The number of likely N-dealkylation sites (N-methyl/N-ethyl adjacent to an activating group) is 2. The molecule has 2 aliphatic heterocycles. The molecule has 11 nitrogen and oxygen atoms in total. The van der Waals surface area contributed by atoms with Gasteiger partial charge in [0, 0.05) is 57.9 Å². The number of hydrogen-bond acceptors (Lipinski definition) is 7. The van der Waals surface area contributed by atoms with Crippen LogP contribution in [0.4, 0.5) is 14.9 Å². The number of halogens is 1. The van der Waals surface area contributed by atoms with Crippen molar-refractivity contribution in [2.24, 2.45) is 0 Å². The molecule has 5 rings (SSSR count). The Morgan fingerprint density at radius 1 is 1.00 bits per heavy atom. The van der Waals surface area contributed by atoms with E-state index >= 15 is 4.39 Å². The number of ether oxygens (including phenoxy) is 1. The van der Waals surface area contributed by atoms with Crippen molar-refractivity contribution in [3.63, 3.8) is 0 Å². The molecular weight excluding hydrogens is 591 g/mol. The summed E-state index contributed by atoms with van der Waals surface area (Å²) in [4.78, 5) is 52.3. The van der Waals surface area contributed by atoms with E-state index in [9.17, 15) is 19.2 Å². The van der Waals surface area contributed by atoms with Gasteiger partial charge in [-0.1, -0.05) is 30.3 Å². The number of anilines is 1. The third kappa shape index (κ3) is 6.18. The molecule has 2 atom stereocenters.